The molecule has 1 aliphatic heterocycles. The van der Waals surface area contributed by atoms with Gasteiger partial charge in [0.2, 0.25) is 0 Å². The lowest BCUT2D eigenvalue weighted by Gasteiger charge is -2.19. The number of benzene rings is 2. The molecule has 2 aliphatic rings. The van der Waals surface area contributed by atoms with Gasteiger partial charge in [-0.2, -0.15) is 0 Å². The molecule has 1 aliphatic carbocycles. The lowest BCUT2D eigenvalue weighted by atomic mass is 10.1. The molecule has 9 heteroatoms. The smallest absolute Gasteiger partial charge is 0.258 e. The first kappa shape index (κ1) is 18.9. The molecule has 160 valence electrons. The molecule has 1 saturated carbocycles. The fraction of sp³-hybridized carbons (Fsp3) is 0.217. The molecule has 0 spiro atoms. The van der Waals surface area contributed by atoms with Crippen LogP contribution in [0.2, 0.25) is 0 Å². The molecule has 6 rings (SSSR count). The summed E-state index contributed by atoms with van der Waals surface area (Å²) in [4.78, 5) is 29.8. The Morgan fingerprint density at radius 1 is 1.09 bits per heavy atom. The first-order valence-electron chi connectivity index (χ1n) is 10.4. The Kier molecular flexibility index (Phi) is 4.03. The number of H-pyrrole nitrogens is 1. The van der Waals surface area contributed by atoms with Gasteiger partial charge in [-0.3, -0.25) is 9.59 Å². The van der Waals surface area contributed by atoms with E-state index in [9.17, 15) is 14.0 Å². The second kappa shape index (κ2) is 6.83. The van der Waals surface area contributed by atoms with Crippen LogP contribution >= 0.6 is 0 Å². The summed E-state index contributed by atoms with van der Waals surface area (Å²) in [6, 6.07) is 13.1. The Hall–Kier alpha value is -3.85. The second-order valence-electron chi connectivity index (χ2n) is 8.45. The van der Waals surface area contributed by atoms with Crippen LogP contribution in [-0.2, 0) is 0 Å². The normalized spacial score (nSPS) is 21.7. The molecule has 3 N–H and O–H groups in total. The summed E-state index contributed by atoms with van der Waals surface area (Å²) in [6.07, 6.45) is 1.63. The van der Waals surface area contributed by atoms with Gasteiger partial charge < -0.3 is 15.6 Å². The molecule has 2 aromatic heterocycles. The van der Waals surface area contributed by atoms with Gasteiger partial charge in [-0.15, -0.1) is 5.10 Å². The van der Waals surface area contributed by atoms with Gasteiger partial charge in [0, 0.05) is 35.6 Å². The number of amides is 1. The quantitative estimate of drug-likeness (QED) is 0.516. The highest BCUT2D eigenvalue weighted by Gasteiger charge is 2.54. The molecule has 8 nitrogen and oxygen atoms in total. The topological polar surface area (TPSA) is 110 Å². The summed E-state index contributed by atoms with van der Waals surface area (Å²) >= 11 is 0. The summed E-state index contributed by atoms with van der Waals surface area (Å²) in [6.45, 7) is 1.45. The molecular weight excluding hydrogens is 411 g/mol. The maximum absolute atomic E-state index is 13.6. The van der Waals surface area contributed by atoms with Crippen LogP contribution in [0.15, 0.2) is 59.5 Å². The van der Waals surface area contributed by atoms with Crippen molar-refractivity contribution in [2.75, 3.05) is 13.1 Å². The van der Waals surface area contributed by atoms with Gasteiger partial charge in [-0.1, -0.05) is 5.21 Å². The van der Waals surface area contributed by atoms with Gasteiger partial charge in [0.25, 0.3) is 11.5 Å². The Bertz CT molecular complexity index is 1410. The van der Waals surface area contributed by atoms with Crippen LogP contribution in [0.1, 0.15) is 10.4 Å². The van der Waals surface area contributed by atoms with E-state index in [1.54, 1.807) is 36.5 Å². The summed E-state index contributed by atoms with van der Waals surface area (Å²) in [5.74, 6) is 0.510. The van der Waals surface area contributed by atoms with Crippen molar-refractivity contribution >= 4 is 16.8 Å². The van der Waals surface area contributed by atoms with E-state index in [1.165, 1.54) is 22.9 Å². The van der Waals surface area contributed by atoms with E-state index in [4.69, 9.17) is 5.73 Å². The number of pyridine rings is 1. The van der Waals surface area contributed by atoms with Gasteiger partial charge >= 0.3 is 0 Å². The number of nitrogens with zero attached hydrogens (tertiary/aromatic N) is 4. The van der Waals surface area contributed by atoms with Crippen LogP contribution in [0.25, 0.3) is 27.8 Å². The van der Waals surface area contributed by atoms with Crippen LogP contribution in [0.3, 0.4) is 0 Å². The lowest BCUT2D eigenvalue weighted by Crippen LogP contribution is -2.33. The summed E-state index contributed by atoms with van der Waals surface area (Å²) in [7, 11) is 0. The summed E-state index contributed by atoms with van der Waals surface area (Å²) in [5, 5.41) is 8.78. The van der Waals surface area contributed by atoms with Crippen LogP contribution in [0.5, 0.6) is 0 Å². The van der Waals surface area contributed by atoms with E-state index < -0.39 is 0 Å². The highest BCUT2D eigenvalue weighted by Crippen LogP contribution is 2.44. The number of likely N-dealkylation sites (tertiary alicyclic amines) is 1. The van der Waals surface area contributed by atoms with Crippen LogP contribution < -0.4 is 11.3 Å². The van der Waals surface area contributed by atoms with Crippen molar-refractivity contribution in [1.82, 2.24) is 24.9 Å². The van der Waals surface area contributed by atoms with E-state index in [0.717, 1.165) is 13.1 Å². The summed E-state index contributed by atoms with van der Waals surface area (Å²) < 4.78 is 15.1. The van der Waals surface area contributed by atoms with Crippen LogP contribution in [0, 0.1) is 17.7 Å². The standard InChI is InChI=1S/C23H19FN6O2/c24-14-3-6-19-13(7-14)8-16(22(31)26-19)20-11-30(28-27-20)15-4-1-12(2-5-15)23(32)29-9-17-18(10-29)21(17)25/h1-8,11,17-18,21H,9-10,25H2,(H,26,31)/t17-,18+,21+. The Morgan fingerprint density at radius 3 is 2.59 bits per heavy atom. The number of aromatic nitrogens is 4. The van der Waals surface area contributed by atoms with Crippen LogP contribution in [-0.4, -0.2) is 49.9 Å². The van der Waals surface area contributed by atoms with Gasteiger partial charge in [0.05, 0.1) is 17.4 Å². The van der Waals surface area contributed by atoms with Crippen molar-refractivity contribution in [2.45, 2.75) is 6.04 Å². The number of carbonyl (C=O) groups excluding carboxylic acids is 1. The Labute approximate surface area is 181 Å². The van der Waals surface area contributed by atoms with Gasteiger partial charge in [0.15, 0.2) is 0 Å². The predicted octanol–water partition coefficient (Wildman–Crippen LogP) is 1.94. The van der Waals surface area contributed by atoms with E-state index >= 15 is 0 Å². The minimum absolute atomic E-state index is 0.00478. The zero-order chi connectivity index (χ0) is 22.0. The number of hydrogen-bond acceptors (Lipinski definition) is 5. The third-order valence-electron chi connectivity index (χ3n) is 6.50. The maximum atomic E-state index is 13.6. The van der Waals surface area contributed by atoms with Crippen molar-refractivity contribution in [3.63, 3.8) is 0 Å². The fourth-order valence-corrected chi connectivity index (χ4v) is 4.56. The molecular formula is C23H19FN6O2. The van der Waals surface area contributed by atoms with Gasteiger partial charge in [-0.05, 0) is 60.4 Å². The molecule has 0 unspecified atom stereocenters. The van der Waals surface area contributed by atoms with Crippen molar-refractivity contribution in [3.8, 4) is 16.9 Å². The number of nitrogens with one attached hydrogen (secondary N) is 1. The number of fused-ring (bicyclic) bond motifs is 2. The maximum Gasteiger partial charge on any atom is 0.258 e. The van der Waals surface area contributed by atoms with E-state index in [1.807, 2.05) is 4.90 Å². The molecule has 3 heterocycles. The molecule has 2 aromatic carbocycles. The number of nitrogens with two attached hydrogens (primary N) is 1. The Morgan fingerprint density at radius 2 is 1.84 bits per heavy atom. The number of hydrogen-bond donors (Lipinski definition) is 2. The van der Waals surface area contributed by atoms with E-state index in [-0.39, 0.29) is 23.3 Å². The molecule has 1 amide bonds. The number of rotatable bonds is 3. The minimum atomic E-state index is -0.386. The van der Waals surface area contributed by atoms with Gasteiger partial charge in [0.1, 0.15) is 11.5 Å². The zero-order valence-corrected chi connectivity index (χ0v) is 16.9. The largest absolute Gasteiger partial charge is 0.338 e. The van der Waals surface area contributed by atoms with Crippen LogP contribution in [0.4, 0.5) is 4.39 Å². The average molecular weight is 430 g/mol. The Balaban J connectivity index is 1.25. The monoisotopic (exact) mass is 430 g/mol. The lowest BCUT2D eigenvalue weighted by molar-refractivity contribution is 0.0773. The molecule has 32 heavy (non-hydrogen) atoms. The van der Waals surface area contributed by atoms with E-state index in [0.29, 0.717) is 45.2 Å². The van der Waals surface area contributed by atoms with Crippen molar-refractivity contribution < 1.29 is 9.18 Å². The van der Waals surface area contributed by atoms with E-state index in [2.05, 4.69) is 15.3 Å². The van der Waals surface area contributed by atoms with Crippen molar-refractivity contribution in [1.29, 1.82) is 0 Å². The molecule has 0 radical (unpaired) electrons. The predicted molar refractivity (Wildman–Crippen MR) is 116 cm³/mol. The molecule has 2 fully saturated rings. The highest BCUT2D eigenvalue weighted by molar-refractivity contribution is 5.94. The second-order valence-corrected chi connectivity index (χ2v) is 8.45. The molecule has 4 aromatic rings. The van der Waals surface area contributed by atoms with Gasteiger partial charge in [-0.25, -0.2) is 9.07 Å². The average Bonchev–Trinajstić information content (AvgIpc) is 3.22. The van der Waals surface area contributed by atoms with Crippen molar-refractivity contribution in [3.05, 3.63) is 76.5 Å². The molecule has 1 saturated heterocycles. The number of carbonyl (C=O) groups is 1. The fourth-order valence-electron chi connectivity index (χ4n) is 4.56. The summed E-state index contributed by atoms with van der Waals surface area (Å²) in [5.41, 5.74) is 8.14. The molecule has 3 atom stereocenters. The number of halogens is 1. The number of aromatic amines is 1. The third-order valence-corrected chi connectivity index (χ3v) is 6.50. The minimum Gasteiger partial charge on any atom is -0.338 e. The first-order valence-corrected chi connectivity index (χ1v) is 10.4. The SMILES string of the molecule is N[C@@H]1[C@H]2CN(C(=O)c3ccc(-n4cc(-c5cc6cc(F)ccc6[nH]c5=O)nn4)cc3)C[C@@H]12. The zero-order valence-electron chi connectivity index (χ0n) is 16.9. The molecule has 0 bridgehead atoms. The number of piperidine rings is 1. The highest BCUT2D eigenvalue weighted by atomic mass is 19.1. The first-order chi connectivity index (χ1) is 15.5. The third kappa shape index (κ3) is 3.01. The van der Waals surface area contributed by atoms with Crippen molar-refractivity contribution in [2.24, 2.45) is 17.6 Å².